The summed E-state index contributed by atoms with van der Waals surface area (Å²) < 4.78 is 4.36. The summed E-state index contributed by atoms with van der Waals surface area (Å²) in [5.41, 5.74) is 3.83. The van der Waals surface area contributed by atoms with Gasteiger partial charge in [-0.1, -0.05) is 45.9 Å². The van der Waals surface area contributed by atoms with Crippen molar-refractivity contribution in [2.24, 2.45) is 0 Å². The molecule has 0 unspecified atom stereocenters. The minimum Gasteiger partial charge on any atom is -0.287 e. The monoisotopic (exact) mass is 345 g/mol. The summed E-state index contributed by atoms with van der Waals surface area (Å²) in [5, 5.41) is -0.113. The molecule has 1 aromatic heterocycles. The predicted octanol–water partition coefficient (Wildman–Crippen LogP) is 4.59. The number of nitrogens with zero attached hydrogens (tertiary/aromatic N) is 2. The van der Waals surface area contributed by atoms with Crippen molar-refractivity contribution in [3.63, 3.8) is 0 Å². The van der Waals surface area contributed by atoms with Gasteiger partial charge >= 0.3 is 0 Å². The SMILES string of the molecule is CC(C)c1cccc(C(C)C)c1-n1cc[n+](C(C)C)c1CC(=O)S. The zero-order valence-electron chi connectivity index (χ0n) is 15.6. The molecule has 0 fully saturated rings. The molecule has 4 heteroatoms. The van der Waals surface area contributed by atoms with Crippen LogP contribution in [0.3, 0.4) is 0 Å². The molecule has 1 aromatic carbocycles. The first kappa shape index (κ1) is 18.8. The Bertz CT molecular complexity index is 703. The number of hydrogen-bond acceptors (Lipinski definition) is 1. The highest BCUT2D eigenvalue weighted by Crippen LogP contribution is 2.31. The van der Waals surface area contributed by atoms with Gasteiger partial charge in [-0.3, -0.25) is 4.79 Å². The zero-order chi connectivity index (χ0) is 18.0. The Kier molecular flexibility index (Phi) is 5.92. The van der Waals surface area contributed by atoms with Crippen molar-refractivity contribution in [2.45, 2.75) is 65.8 Å². The molecule has 0 saturated carbocycles. The lowest BCUT2D eigenvalue weighted by molar-refractivity contribution is -0.721. The third-order valence-electron chi connectivity index (χ3n) is 4.40. The summed E-state index contributed by atoms with van der Waals surface area (Å²) in [5.74, 6) is 1.81. The molecule has 0 N–H and O–H groups in total. The molecule has 0 aliphatic carbocycles. The Balaban J connectivity index is 2.78. The quantitative estimate of drug-likeness (QED) is 0.601. The van der Waals surface area contributed by atoms with Gasteiger partial charge in [-0.15, -0.1) is 12.6 Å². The first-order chi connectivity index (χ1) is 11.2. The molecular weight excluding hydrogens is 316 g/mol. The first-order valence-electron chi connectivity index (χ1n) is 8.70. The highest BCUT2D eigenvalue weighted by atomic mass is 32.1. The molecule has 0 aliphatic heterocycles. The van der Waals surface area contributed by atoms with E-state index in [1.807, 2.05) is 0 Å². The summed E-state index contributed by atoms with van der Waals surface area (Å²) in [6.45, 7) is 13.1. The minimum absolute atomic E-state index is 0.113. The van der Waals surface area contributed by atoms with Crippen molar-refractivity contribution in [2.75, 3.05) is 0 Å². The smallest absolute Gasteiger partial charge is 0.270 e. The van der Waals surface area contributed by atoms with Gasteiger partial charge < -0.3 is 0 Å². The second-order valence-corrected chi connectivity index (χ2v) is 7.75. The molecule has 2 aromatic rings. The van der Waals surface area contributed by atoms with E-state index in [-0.39, 0.29) is 5.12 Å². The van der Waals surface area contributed by atoms with E-state index < -0.39 is 0 Å². The number of carbonyl (C=O) groups excluding carboxylic acids is 1. The molecule has 0 saturated heterocycles. The van der Waals surface area contributed by atoms with Crippen LogP contribution in [0.25, 0.3) is 5.69 Å². The summed E-state index contributed by atoms with van der Waals surface area (Å²) in [7, 11) is 0. The van der Waals surface area contributed by atoms with Crippen LogP contribution in [0.4, 0.5) is 0 Å². The number of para-hydroxylation sites is 1. The molecule has 1 heterocycles. The molecule has 0 spiro atoms. The largest absolute Gasteiger partial charge is 0.287 e. The number of benzene rings is 1. The Labute approximate surface area is 151 Å². The van der Waals surface area contributed by atoms with Gasteiger partial charge in [0.25, 0.3) is 5.82 Å². The van der Waals surface area contributed by atoms with Crippen LogP contribution in [0.15, 0.2) is 30.6 Å². The standard InChI is InChI=1S/C20H28N2OS/c1-13(2)16-8-7-9-17(14(3)4)20(16)22-11-10-21(15(5)6)18(22)12-19(23)24/h7-11,13-15H,12H2,1-6H3/p+1. The number of thiol groups is 1. The number of imidazole rings is 1. The number of carbonyl (C=O) groups is 1. The first-order valence-corrected chi connectivity index (χ1v) is 9.15. The summed E-state index contributed by atoms with van der Waals surface area (Å²) in [6, 6.07) is 6.82. The fraction of sp³-hybridized carbons (Fsp3) is 0.500. The van der Waals surface area contributed by atoms with Crippen LogP contribution in [0, 0.1) is 0 Å². The van der Waals surface area contributed by atoms with Gasteiger partial charge in [-0.05, 0) is 25.7 Å². The normalized spacial score (nSPS) is 11.8. The van der Waals surface area contributed by atoms with Gasteiger partial charge in [0.1, 0.15) is 24.5 Å². The molecule has 24 heavy (non-hydrogen) atoms. The van der Waals surface area contributed by atoms with E-state index in [1.54, 1.807) is 0 Å². The fourth-order valence-corrected chi connectivity index (χ4v) is 3.35. The van der Waals surface area contributed by atoms with E-state index in [9.17, 15) is 4.79 Å². The van der Waals surface area contributed by atoms with E-state index in [0.717, 1.165) is 5.82 Å². The average Bonchev–Trinajstić information content (AvgIpc) is 2.88. The number of hydrogen-bond donors (Lipinski definition) is 1. The van der Waals surface area contributed by atoms with Crippen LogP contribution < -0.4 is 4.57 Å². The Hall–Kier alpha value is -1.55. The maximum absolute atomic E-state index is 11.7. The van der Waals surface area contributed by atoms with Crippen molar-refractivity contribution in [3.8, 4) is 5.69 Å². The molecule has 0 bridgehead atoms. The van der Waals surface area contributed by atoms with Gasteiger partial charge in [-0.2, -0.15) is 4.57 Å². The molecule has 2 rings (SSSR count). The maximum Gasteiger partial charge on any atom is 0.270 e. The van der Waals surface area contributed by atoms with Crippen molar-refractivity contribution >= 4 is 17.7 Å². The van der Waals surface area contributed by atoms with Crippen LogP contribution in [0.1, 0.15) is 76.4 Å². The molecule has 130 valence electrons. The third-order valence-corrected chi connectivity index (χ3v) is 4.56. The average molecular weight is 346 g/mol. The summed E-state index contributed by atoms with van der Waals surface area (Å²) in [4.78, 5) is 11.7. The summed E-state index contributed by atoms with van der Waals surface area (Å²) in [6.07, 6.45) is 4.47. The van der Waals surface area contributed by atoms with Crippen LogP contribution in [-0.4, -0.2) is 9.68 Å². The van der Waals surface area contributed by atoms with Gasteiger partial charge in [0.2, 0.25) is 0 Å². The molecular formula is C20H29N2OS+. The minimum atomic E-state index is -0.113. The zero-order valence-corrected chi connectivity index (χ0v) is 16.5. The van der Waals surface area contributed by atoms with Crippen molar-refractivity contribution in [1.82, 2.24) is 4.57 Å². The Morgan fingerprint density at radius 3 is 2.04 bits per heavy atom. The molecule has 0 atom stereocenters. The predicted molar refractivity (Wildman–Crippen MR) is 102 cm³/mol. The lowest BCUT2D eigenvalue weighted by Crippen LogP contribution is -2.40. The number of rotatable bonds is 6. The third kappa shape index (κ3) is 3.75. The maximum atomic E-state index is 11.7. The van der Waals surface area contributed by atoms with Crippen molar-refractivity contribution < 1.29 is 9.36 Å². The van der Waals surface area contributed by atoms with E-state index in [2.05, 4.69) is 93.9 Å². The van der Waals surface area contributed by atoms with Gasteiger partial charge in [-0.25, -0.2) is 4.57 Å². The second-order valence-electron chi connectivity index (χ2n) is 7.25. The summed E-state index contributed by atoms with van der Waals surface area (Å²) >= 11 is 4.03. The fourth-order valence-electron chi connectivity index (χ4n) is 3.21. The van der Waals surface area contributed by atoms with E-state index in [1.165, 1.54) is 16.8 Å². The van der Waals surface area contributed by atoms with Crippen molar-refractivity contribution in [3.05, 3.63) is 47.5 Å². The Morgan fingerprint density at radius 1 is 1.08 bits per heavy atom. The molecule has 0 amide bonds. The molecule has 0 aliphatic rings. The van der Waals surface area contributed by atoms with E-state index >= 15 is 0 Å². The molecule has 0 radical (unpaired) electrons. The van der Waals surface area contributed by atoms with Crippen molar-refractivity contribution in [1.29, 1.82) is 0 Å². The lowest BCUT2D eigenvalue weighted by atomic mass is 9.92. The van der Waals surface area contributed by atoms with E-state index in [4.69, 9.17) is 0 Å². The van der Waals surface area contributed by atoms with Crippen LogP contribution >= 0.6 is 12.6 Å². The van der Waals surface area contributed by atoms with Crippen LogP contribution in [0.5, 0.6) is 0 Å². The lowest BCUT2D eigenvalue weighted by Gasteiger charge is -2.18. The second kappa shape index (κ2) is 7.56. The van der Waals surface area contributed by atoms with Crippen LogP contribution in [0.2, 0.25) is 0 Å². The van der Waals surface area contributed by atoms with Gasteiger partial charge in [0.15, 0.2) is 5.12 Å². The highest BCUT2D eigenvalue weighted by molar-refractivity contribution is 7.96. The van der Waals surface area contributed by atoms with Gasteiger partial charge in [0.05, 0.1) is 6.04 Å². The van der Waals surface area contributed by atoms with E-state index in [0.29, 0.717) is 24.3 Å². The number of aromatic nitrogens is 2. The van der Waals surface area contributed by atoms with Gasteiger partial charge in [0, 0.05) is 11.1 Å². The molecule has 3 nitrogen and oxygen atoms in total. The Morgan fingerprint density at radius 2 is 1.62 bits per heavy atom. The topological polar surface area (TPSA) is 25.9 Å². The highest BCUT2D eigenvalue weighted by Gasteiger charge is 2.27. The van der Waals surface area contributed by atoms with Crippen LogP contribution in [-0.2, 0) is 11.2 Å².